The highest BCUT2D eigenvalue weighted by atomic mass is 127. The molecule has 32 valence electrons. The molecule has 0 saturated carbocycles. The molecule has 5 heavy (non-hydrogen) atoms. The fourth-order valence-corrected chi connectivity index (χ4v) is 0. The van der Waals surface area contributed by atoms with Crippen LogP contribution in [0, 0.1) is 0 Å². The van der Waals surface area contributed by atoms with Crippen LogP contribution in [0.1, 0.15) is 0 Å². The molecule has 0 aromatic rings. The second kappa shape index (κ2) is 3.15. The molecule has 0 aromatic carbocycles. The number of halogens is 1. The summed E-state index contributed by atoms with van der Waals surface area (Å²) in [5.41, 5.74) is 0. The standard InChI is InChI=1S/C3H9ISi/c1-5(2)3-4/h5H,3H2,1-2H3. The number of hydrogen-bond donors (Lipinski definition) is 0. The molecular formula is C3H9ISi. The summed E-state index contributed by atoms with van der Waals surface area (Å²) >= 11 is 2.44. The molecule has 0 aliphatic heterocycles. The Morgan fingerprint density at radius 1 is 1.60 bits per heavy atom. The predicted octanol–water partition coefficient (Wildman–Crippen LogP) is 1.45. The summed E-state index contributed by atoms with van der Waals surface area (Å²) in [5, 5.41) is 0. The van der Waals surface area contributed by atoms with Crippen molar-refractivity contribution in [1.29, 1.82) is 0 Å². The Kier molecular flexibility index (Phi) is 3.75. The highest BCUT2D eigenvalue weighted by Gasteiger charge is 1.84. The smallest absolute Gasteiger partial charge is 0.0416 e. The van der Waals surface area contributed by atoms with Crippen molar-refractivity contribution in [2.45, 2.75) is 13.1 Å². The van der Waals surface area contributed by atoms with Gasteiger partial charge >= 0.3 is 0 Å². The van der Waals surface area contributed by atoms with Gasteiger partial charge in [-0.05, 0) is 4.05 Å². The molecular weight excluding hydrogens is 191 g/mol. The third-order valence-electron chi connectivity index (χ3n) is 0.309. The summed E-state index contributed by atoms with van der Waals surface area (Å²) in [5.74, 6) is 0. The minimum atomic E-state index is -0.163. The molecule has 0 aromatic heterocycles. The van der Waals surface area contributed by atoms with E-state index < -0.39 is 0 Å². The lowest BCUT2D eigenvalue weighted by molar-refractivity contribution is 1.91. The zero-order valence-corrected chi connectivity index (χ0v) is 6.97. The van der Waals surface area contributed by atoms with Crippen molar-refractivity contribution in [3.05, 3.63) is 0 Å². The minimum absolute atomic E-state index is 0.163. The molecule has 2 heteroatoms. The first-order valence-electron chi connectivity index (χ1n) is 1.83. The van der Waals surface area contributed by atoms with Gasteiger partial charge in [0.1, 0.15) is 0 Å². The van der Waals surface area contributed by atoms with E-state index in [4.69, 9.17) is 0 Å². The van der Waals surface area contributed by atoms with Gasteiger partial charge in [-0.15, -0.1) is 0 Å². The average molecular weight is 200 g/mol. The van der Waals surface area contributed by atoms with E-state index in [1.54, 1.807) is 0 Å². The lowest BCUT2D eigenvalue weighted by atomic mass is 11.8. The normalized spacial score (nSPS) is 9.60. The van der Waals surface area contributed by atoms with Crippen LogP contribution in [0.4, 0.5) is 0 Å². The van der Waals surface area contributed by atoms with E-state index in [-0.39, 0.29) is 8.80 Å². The minimum Gasteiger partial charge on any atom is -0.0901 e. The lowest BCUT2D eigenvalue weighted by Crippen LogP contribution is -1.99. The van der Waals surface area contributed by atoms with Gasteiger partial charge in [0.05, 0.1) is 0 Å². The first-order valence-corrected chi connectivity index (χ1v) is 6.48. The summed E-state index contributed by atoms with van der Waals surface area (Å²) in [6.07, 6.45) is 0. The molecule has 0 atom stereocenters. The topological polar surface area (TPSA) is 0 Å². The van der Waals surface area contributed by atoms with E-state index in [1.165, 1.54) is 4.05 Å². The largest absolute Gasteiger partial charge is 0.0901 e. The Morgan fingerprint density at radius 2 is 1.80 bits per heavy atom. The predicted molar refractivity (Wildman–Crippen MR) is 37.8 cm³/mol. The molecule has 0 rings (SSSR count). The lowest BCUT2D eigenvalue weighted by Gasteiger charge is -1.86. The Balaban J connectivity index is 2.54. The van der Waals surface area contributed by atoms with Gasteiger partial charge in [0.25, 0.3) is 0 Å². The van der Waals surface area contributed by atoms with E-state index in [0.717, 1.165) is 0 Å². The summed E-state index contributed by atoms with van der Waals surface area (Å²) < 4.78 is 1.41. The summed E-state index contributed by atoms with van der Waals surface area (Å²) in [7, 11) is -0.163. The Labute approximate surface area is 48.7 Å². The van der Waals surface area contributed by atoms with Gasteiger partial charge in [-0.25, -0.2) is 0 Å². The number of hydrogen-bond acceptors (Lipinski definition) is 0. The second-order valence-electron chi connectivity index (χ2n) is 1.55. The van der Waals surface area contributed by atoms with Gasteiger partial charge in [0, 0.05) is 8.80 Å². The van der Waals surface area contributed by atoms with Crippen LogP contribution in [0.25, 0.3) is 0 Å². The van der Waals surface area contributed by atoms with Crippen molar-refractivity contribution in [3.8, 4) is 0 Å². The molecule has 0 saturated heterocycles. The molecule has 0 amide bonds. The van der Waals surface area contributed by atoms with Crippen LogP contribution in [0.15, 0.2) is 0 Å². The molecule has 0 aliphatic carbocycles. The van der Waals surface area contributed by atoms with Gasteiger partial charge in [-0.2, -0.15) is 0 Å². The van der Waals surface area contributed by atoms with Crippen molar-refractivity contribution in [2.75, 3.05) is 4.05 Å². The SMILES string of the molecule is C[SiH](C)CI. The Morgan fingerprint density at radius 3 is 1.80 bits per heavy atom. The van der Waals surface area contributed by atoms with Crippen molar-refractivity contribution in [3.63, 3.8) is 0 Å². The maximum atomic E-state index is 2.44. The van der Waals surface area contributed by atoms with E-state index in [0.29, 0.717) is 0 Å². The fourth-order valence-electron chi connectivity index (χ4n) is 0. The van der Waals surface area contributed by atoms with Crippen LogP contribution in [0.3, 0.4) is 0 Å². The van der Waals surface area contributed by atoms with Crippen LogP contribution >= 0.6 is 22.6 Å². The molecule has 0 heterocycles. The molecule has 0 nitrogen and oxygen atoms in total. The molecule has 0 bridgehead atoms. The highest BCUT2D eigenvalue weighted by molar-refractivity contribution is 14.1. The zero-order valence-electron chi connectivity index (χ0n) is 3.66. The van der Waals surface area contributed by atoms with Gasteiger partial charge in [0.2, 0.25) is 0 Å². The van der Waals surface area contributed by atoms with E-state index >= 15 is 0 Å². The van der Waals surface area contributed by atoms with E-state index in [9.17, 15) is 0 Å². The maximum absolute atomic E-state index is 2.44. The van der Waals surface area contributed by atoms with Crippen LogP contribution < -0.4 is 0 Å². The Bertz CT molecular complexity index is 20.9. The summed E-state index contributed by atoms with van der Waals surface area (Å²) in [6.45, 7) is 4.71. The molecule has 0 N–H and O–H groups in total. The fraction of sp³-hybridized carbons (Fsp3) is 1.00. The first-order chi connectivity index (χ1) is 2.27. The van der Waals surface area contributed by atoms with Crippen LogP contribution in [-0.4, -0.2) is 12.8 Å². The zero-order chi connectivity index (χ0) is 4.28. The Hall–Kier alpha value is 0.947. The number of alkyl halides is 1. The molecule has 0 spiro atoms. The number of rotatable bonds is 1. The van der Waals surface area contributed by atoms with Gasteiger partial charge in [-0.3, -0.25) is 0 Å². The van der Waals surface area contributed by atoms with Crippen LogP contribution in [0.5, 0.6) is 0 Å². The second-order valence-corrected chi connectivity index (χ2v) is 7.29. The van der Waals surface area contributed by atoms with E-state index in [2.05, 4.69) is 35.7 Å². The van der Waals surface area contributed by atoms with Crippen molar-refractivity contribution >= 4 is 31.4 Å². The van der Waals surface area contributed by atoms with Gasteiger partial charge < -0.3 is 0 Å². The van der Waals surface area contributed by atoms with E-state index in [1.807, 2.05) is 0 Å². The maximum Gasteiger partial charge on any atom is 0.0416 e. The molecule has 0 fully saturated rings. The quantitative estimate of drug-likeness (QED) is 0.341. The van der Waals surface area contributed by atoms with Gasteiger partial charge in [-0.1, -0.05) is 35.7 Å². The van der Waals surface area contributed by atoms with Crippen LogP contribution in [-0.2, 0) is 0 Å². The molecule has 0 aliphatic rings. The highest BCUT2D eigenvalue weighted by Crippen LogP contribution is 1.85. The first kappa shape index (κ1) is 5.95. The third kappa shape index (κ3) is 4.95. The van der Waals surface area contributed by atoms with Gasteiger partial charge in [0.15, 0.2) is 0 Å². The van der Waals surface area contributed by atoms with Crippen molar-refractivity contribution in [1.82, 2.24) is 0 Å². The summed E-state index contributed by atoms with van der Waals surface area (Å²) in [6, 6.07) is 0. The average Bonchev–Trinajstić information content (AvgIpc) is 1.38. The molecule has 0 unspecified atom stereocenters. The van der Waals surface area contributed by atoms with Crippen molar-refractivity contribution in [2.24, 2.45) is 0 Å². The van der Waals surface area contributed by atoms with Crippen LogP contribution in [0.2, 0.25) is 13.1 Å². The monoisotopic (exact) mass is 200 g/mol. The molecule has 0 radical (unpaired) electrons. The third-order valence-corrected chi connectivity index (χ3v) is 6.21. The van der Waals surface area contributed by atoms with Crippen molar-refractivity contribution < 1.29 is 0 Å². The summed E-state index contributed by atoms with van der Waals surface area (Å²) in [4.78, 5) is 0.